The smallest absolute Gasteiger partial charge is 0.308 e. The fraction of sp³-hybridized carbons (Fsp3) is 0.588. The third-order valence-electron chi connectivity index (χ3n) is 3.70. The molecule has 0 aliphatic carbocycles. The first-order valence-electron chi connectivity index (χ1n) is 6.97. The Morgan fingerprint density at radius 1 is 1.32 bits per heavy atom. The van der Waals surface area contributed by atoms with Crippen LogP contribution < -0.4 is 0 Å². The van der Waals surface area contributed by atoms with E-state index >= 15 is 0 Å². The molecular formula is C17H26O2. The van der Waals surface area contributed by atoms with Gasteiger partial charge in [-0.2, -0.15) is 0 Å². The van der Waals surface area contributed by atoms with Gasteiger partial charge in [0.25, 0.3) is 0 Å². The minimum Gasteiger partial charge on any atom is -0.469 e. The summed E-state index contributed by atoms with van der Waals surface area (Å²) in [6.07, 6.45) is 1.58. The molecule has 0 aliphatic rings. The van der Waals surface area contributed by atoms with Gasteiger partial charge in [-0.05, 0) is 41.9 Å². The summed E-state index contributed by atoms with van der Waals surface area (Å²) in [5, 5.41) is 0. The number of hydrogen-bond acceptors (Lipinski definition) is 2. The van der Waals surface area contributed by atoms with Crippen molar-refractivity contribution in [2.24, 2.45) is 5.92 Å². The van der Waals surface area contributed by atoms with Crippen molar-refractivity contribution in [2.45, 2.75) is 52.9 Å². The van der Waals surface area contributed by atoms with Gasteiger partial charge in [0.15, 0.2) is 0 Å². The highest BCUT2D eigenvalue weighted by molar-refractivity contribution is 5.72. The van der Waals surface area contributed by atoms with E-state index in [4.69, 9.17) is 4.74 Å². The third kappa shape index (κ3) is 4.09. The summed E-state index contributed by atoms with van der Waals surface area (Å²) in [6, 6.07) is 6.56. The van der Waals surface area contributed by atoms with Crippen LogP contribution in [-0.2, 0) is 21.4 Å². The summed E-state index contributed by atoms with van der Waals surface area (Å²) < 4.78 is 4.85. The highest BCUT2D eigenvalue weighted by Gasteiger charge is 2.19. The summed E-state index contributed by atoms with van der Waals surface area (Å²) in [4.78, 5) is 11.7. The van der Waals surface area contributed by atoms with Crippen molar-refractivity contribution in [3.05, 3.63) is 34.9 Å². The fourth-order valence-corrected chi connectivity index (χ4v) is 2.22. The van der Waals surface area contributed by atoms with E-state index in [1.165, 1.54) is 23.8 Å². The number of carbonyl (C=O) groups excluding carboxylic acids is 1. The van der Waals surface area contributed by atoms with Crippen LogP contribution in [0.3, 0.4) is 0 Å². The highest BCUT2D eigenvalue weighted by Crippen LogP contribution is 2.26. The molecule has 0 aromatic heterocycles. The number of carbonyl (C=O) groups is 1. The average molecular weight is 262 g/mol. The Morgan fingerprint density at radius 2 is 1.95 bits per heavy atom. The molecule has 0 N–H and O–H groups in total. The van der Waals surface area contributed by atoms with E-state index in [-0.39, 0.29) is 17.3 Å². The summed E-state index contributed by atoms with van der Waals surface area (Å²) in [5.41, 5.74) is 4.00. The van der Waals surface area contributed by atoms with Crippen LogP contribution in [0, 0.1) is 12.8 Å². The SMILES string of the molecule is CCC(Cc1ccc(C(C)(C)C)cc1C)C(=O)OC. The molecule has 106 valence electrons. The van der Waals surface area contributed by atoms with E-state index in [2.05, 4.69) is 45.9 Å². The summed E-state index contributed by atoms with van der Waals surface area (Å²) in [5.74, 6) is -0.147. The predicted octanol–water partition coefficient (Wildman–Crippen LogP) is 4.03. The minimum absolute atomic E-state index is 0.0378. The fourth-order valence-electron chi connectivity index (χ4n) is 2.22. The first-order valence-corrected chi connectivity index (χ1v) is 6.97. The number of rotatable bonds is 4. The van der Waals surface area contributed by atoms with Crippen molar-refractivity contribution in [2.75, 3.05) is 7.11 Å². The number of benzene rings is 1. The Balaban J connectivity index is 2.94. The number of hydrogen-bond donors (Lipinski definition) is 0. The van der Waals surface area contributed by atoms with E-state index in [0.717, 1.165) is 12.8 Å². The van der Waals surface area contributed by atoms with Crippen molar-refractivity contribution in [3.63, 3.8) is 0 Å². The van der Waals surface area contributed by atoms with Crippen LogP contribution >= 0.6 is 0 Å². The highest BCUT2D eigenvalue weighted by atomic mass is 16.5. The van der Waals surface area contributed by atoms with Crippen LogP contribution in [-0.4, -0.2) is 13.1 Å². The Labute approximate surface area is 117 Å². The zero-order chi connectivity index (χ0) is 14.6. The third-order valence-corrected chi connectivity index (χ3v) is 3.70. The second-order valence-corrected chi connectivity index (χ2v) is 6.22. The lowest BCUT2D eigenvalue weighted by Crippen LogP contribution is -2.18. The average Bonchev–Trinajstić information content (AvgIpc) is 2.35. The summed E-state index contributed by atoms with van der Waals surface area (Å²) >= 11 is 0. The van der Waals surface area contributed by atoms with Crippen LogP contribution in [0.1, 0.15) is 50.8 Å². The lowest BCUT2D eigenvalue weighted by Gasteiger charge is -2.21. The van der Waals surface area contributed by atoms with Gasteiger partial charge in [-0.1, -0.05) is 45.9 Å². The Morgan fingerprint density at radius 3 is 2.37 bits per heavy atom. The van der Waals surface area contributed by atoms with Crippen LogP contribution in [0.25, 0.3) is 0 Å². The molecule has 2 nitrogen and oxygen atoms in total. The van der Waals surface area contributed by atoms with Gasteiger partial charge in [-0.3, -0.25) is 4.79 Å². The Kier molecular flexibility index (Phi) is 5.16. The molecule has 0 amide bonds. The lowest BCUT2D eigenvalue weighted by atomic mass is 9.84. The molecule has 0 spiro atoms. The van der Waals surface area contributed by atoms with Gasteiger partial charge >= 0.3 is 5.97 Å². The molecule has 1 aromatic rings. The van der Waals surface area contributed by atoms with Gasteiger partial charge in [0.1, 0.15) is 0 Å². The molecule has 19 heavy (non-hydrogen) atoms. The van der Waals surface area contributed by atoms with Crippen molar-refractivity contribution >= 4 is 5.97 Å². The van der Waals surface area contributed by atoms with Gasteiger partial charge < -0.3 is 4.74 Å². The van der Waals surface area contributed by atoms with Gasteiger partial charge in [0.2, 0.25) is 0 Å². The van der Waals surface area contributed by atoms with Crippen LogP contribution in [0.15, 0.2) is 18.2 Å². The number of methoxy groups -OCH3 is 1. The number of aryl methyl sites for hydroxylation is 1. The molecule has 0 heterocycles. The maximum Gasteiger partial charge on any atom is 0.308 e. The number of esters is 1. The lowest BCUT2D eigenvalue weighted by molar-refractivity contribution is -0.145. The zero-order valence-electron chi connectivity index (χ0n) is 13.0. The van der Waals surface area contributed by atoms with E-state index in [9.17, 15) is 4.79 Å². The topological polar surface area (TPSA) is 26.3 Å². The largest absolute Gasteiger partial charge is 0.469 e. The van der Waals surface area contributed by atoms with Crippen molar-refractivity contribution in [3.8, 4) is 0 Å². The second kappa shape index (κ2) is 6.23. The molecule has 0 saturated carbocycles. The van der Waals surface area contributed by atoms with Crippen LogP contribution in [0.2, 0.25) is 0 Å². The van der Waals surface area contributed by atoms with E-state index in [1.807, 2.05) is 6.92 Å². The van der Waals surface area contributed by atoms with Crippen molar-refractivity contribution < 1.29 is 9.53 Å². The van der Waals surface area contributed by atoms with Crippen molar-refractivity contribution in [1.82, 2.24) is 0 Å². The normalized spacial score (nSPS) is 13.2. The molecule has 0 aliphatic heterocycles. The molecule has 2 heteroatoms. The zero-order valence-corrected chi connectivity index (χ0v) is 13.0. The van der Waals surface area contributed by atoms with Gasteiger partial charge in [0, 0.05) is 0 Å². The van der Waals surface area contributed by atoms with Crippen LogP contribution in [0.5, 0.6) is 0 Å². The van der Waals surface area contributed by atoms with E-state index in [1.54, 1.807) is 0 Å². The summed E-state index contributed by atoms with van der Waals surface area (Å²) in [7, 11) is 1.46. The van der Waals surface area contributed by atoms with Gasteiger partial charge in [-0.15, -0.1) is 0 Å². The second-order valence-electron chi connectivity index (χ2n) is 6.22. The molecule has 1 aromatic carbocycles. The Hall–Kier alpha value is -1.31. The monoisotopic (exact) mass is 262 g/mol. The van der Waals surface area contributed by atoms with Gasteiger partial charge in [-0.25, -0.2) is 0 Å². The molecule has 0 bridgehead atoms. The van der Waals surface area contributed by atoms with E-state index in [0.29, 0.717) is 0 Å². The van der Waals surface area contributed by atoms with Crippen molar-refractivity contribution in [1.29, 1.82) is 0 Å². The van der Waals surface area contributed by atoms with Gasteiger partial charge in [0.05, 0.1) is 13.0 Å². The molecule has 0 radical (unpaired) electrons. The molecular weight excluding hydrogens is 236 g/mol. The molecule has 0 saturated heterocycles. The number of ether oxygens (including phenoxy) is 1. The quantitative estimate of drug-likeness (QED) is 0.766. The first-order chi connectivity index (χ1) is 8.79. The molecule has 1 rings (SSSR count). The van der Waals surface area contributed by atoms with Crippen LogP contribution in [0.4, 0.5) is 0 Å². The first kappa shape index (κ1) is 15.7. The minimum atomic E-state index is -0.109. The molecule has 1 atom stereocenters. The predicted molar refractivity (Wildman–Crippen MR) is 79.4 cm³/mol. The molecule has 0 fully saturated rings. The standard InChI is InChI=1S/C17H26O2/c1-7-13(16(18)19-6)11-14-8-9-15(10-12(14)2)17(3,4)5/h8-10,13H,7,11H2,1-6H3. The Bertz CT molecular complexity index is 441. The summed E-state index contributed by atoms with van der Waals surface area (Å²) in [6.45, 7) is 10.8. The van der Waals surface area contributed by atoms with E-state index < -0.39 is 0 Å². The maximum absolute atomic E-state index is 11.7. The molecule has 1 unspecified atom stereocenters. The maximum atomic E-state index is 11.7.